The molecule has 1 aromatic heterocycles. The number of para-hydroxylation sites is 1. The number of hydrogen-bond donors (Lipinski definition) is 1. The van der Waals surface area contributed by atoms with E-state index in [4.69, 9.17) is 27.9 Å². The number of ether oxygens (including phenoxy) is 1. The van der Waals surface area contributed by atoms with Gasteiger partial charge in [-0.3, -0.25) is 4.79 Å². The van der Waals surface area contributed by atoms with Gasteiger partial charge in [0.05, 0.1) is 21.5 Å². The minimum Gasteiger partial charge on any atom is -0.481 e. The molecule has 0 spiro atoms. The van der Waals surface area contributed by atoms with Gasteiger partial charge in [-0.2, -0.15) is 0 Å². The van der Waals surface area contributed by atoms with E-state index in [2.05, 4.69) is 15.5 Å². The molecule has 29 heavy (non-hydrogen) atoms. The lowest BCUT2D eigenvalue weighted by atomic mass is 10.2. The average Bonchev–Trinajstić information content (AvgIpc) is 3.05. The number of anilines is 1. The molecule has 3 rings (SSSR count). The predicted octanol–water partition coefficient (Wildman–Crippen LogP) is 5.30. The van der Waals surface area contributed by atoms with Gasteiger partial charge in [-0.15, -0.1) is 10.2 Å². The summed E-state index contributed by atoms with van der Waals surface area (Å²) in [5, 5.41) is 12.8. The first-order valence-corrected chi connectivity index (χ1v) is 10.6. The molecule has 0 aliphatic heterocycles. The molecule has 0 radical (unpaired) electrons. The molecule has 9 heteroatoms. The van der Waals surface area contributed by atoms with E-state index >= 15 is 0 Å². The van der Waals surface area contributed by atoms with Crippen LogP contribution >= 0.6 is 35.0 Å². The van der Waals surface area contributed by atoms with Crippen molar-refractivity contribution in [3.05, 3.63) is 63.9 Å². The number of aromatic nitrogens is 3. The zero-order valence-corrected chi connectivity index (χ0v) is 18.5. The van der Waals surface area contributed by atoms with Gasteiger partial charge < -0.3 is 14.6 Å². The van der Waals surface area contributed by atoms with Crippen molar-refractivity contribution in [2.75, 3.05) is 11.1 Å². The van der Waals surface area contributed by atoms with Crippen molar-refractivity contribution in [2.45, 2.75) is 25.1 Å². The molecule has 3 aromatic rings. The molecule has 0 saturated carbocycles. The zero-order chi connectivity index (χ0) is 21.0. The lowest BCUT2D eigenvalue weighted by molar-refractivity contribution is -0.113. The van der Waals surface area contributed by atoms with Gasteiger partial charge in [-0.05, 0) is 43.7 Å². The van der Waals surface area contributed by atoms with Crippen molar-refractivity contribution in [1.29, 1.82) is 0 Å². The summed E-state index contributed by atoms with van der Waals surface area (Å²) in [6, 6.07) is 12.7. The molecule has 0 fully saturated rings. The van der Waals surface area contributed by atoms with Gasteiger partial charge in [0.1, 0.15) is 5.75 Å². The van der Waals surface area contributed by atoms with Gasteiger partial charge >= 0.3 is 0 Å². The van der Waals surface area contributed by atoms with Crippen molar-refractivity contribution in [1.82, 2.24) is 14.8 Å². The highest BCUT2D eigenvalue weighted by Crippen LogP contribution is 2.30. The number of nitrogens with zero attached hydrogens (tertiary/aromatic N) is 3. The SMILES string of the molecule is Cc1ccc(Cl)c(OC(C)c2nnc(SCC(=O)Nc3ccccc3Cl)n2C)c1. The minimum absolute atomic E-state index is 0.177. The highest BCUT2D eigenvalue weighted by atomic mass is 35.5. The molecule has 0 bridgehead atoms. The third-order valence-electron chi connectivity index (χ3n) is 4.10. The second-order valence-electron chi connectivity index (χ2n) is 6.41. The monoisotopic (exact) mass is 450 g/mol. The van der Waals surface area contributed by atoms with Crippen LogP contribution in [0.1, 0.15) is 24.4 Å². The van der Waals surface area contributed by atoms with Crippen LogP contribution in [0.25, 0.3) is 0 Å². The van der Waals surface area contributed by atoms with Gasteiger partial charge in [0, 0.05) is 7.05 Å². The smallest absolute Gasteiger partial charge is 0.234 e. The van der Waals surface area contributed by atoms with Crippen LogP contribution < -0.4 is 10.1 Å². The van der Waals surface area contributed by atoms with Crippen LogP contribution in [0.4, 0.5) is 5.69 Å². The highest BCUT2D eigenvalue weighted by Gasteiger charge is 2.19. The molecule has 1 atom stereocenters. The number of benzene rings is 2. The Morgan fingerprint density at radius 2 is 1.97 bits per heavy atom. The molecular weight excluding hydrogens is 431 g/mol. The number of thioether (sulfide) groups is 1. The van der Waals surface area contributed by atoms with E-state index in [1.54, 1.807) is 24.3 Å². The van der Waals surface area contributed by atoms with E-state index in [9.17, 15) is 4.79 Å². The largest absolute Gasteiger partial charge is 0.481 e. The van der Waals surface area contributed by atoms with Crippen LogP contribution in [-0.2, 0) is 11.8 Å². The maximum absolute atomic E-state index is 12.2. The van der Waals surface area contributed by atoms with Crippen LogP contribution in [0, 0.1) is 6.92 Å². The summed E-state index contributed by atoms with van der Waals surface area (Å²) >= 11 is 13.6. The molecule has 1 unspecified atom stereocenters. The van der Waals surface area contributed by atoms with Crippen LogP contribution in [0.15, 0.2) is 47.6 Å². The van der Waals surface area contributed by atoms with Crippen LogP contribution in [-0.4, -0.2) is 26.4 Å². The third-order valence-corrected chi connectivity index (χ3v) is 5.77. The van der Waals surface area contributed by atoms with Gasteiger partial charge in [-0.1, -0.05) is 53.2 Å². The molecule has 6 nitrogen and oxygen atoms in total. The summed E-state index contributed by atoms with van der Waals surface area (Å²) in [4.78, 5) is 12.2. The van der Waals surface area contributed by atoms with Crippen molar-refractivity contribution in [3.8, 4) is 5.75 Å². The Morgan fingerprint density at radius 3 is 2.72 bits per heavy atom. The zero-order valence-electron chi connectivity index (χ0n) is 16.1. The summed E-state index contributed by atoms with van der Waals surface area (Å²) in [5.74, 6) is 1.23. The van der Waals surface area contributed by atoms with E-state index in [1.807, 2.05) is 43.7 Å². The number of hydrogen-bond acceptors (Lipinski definition) is 5. The summed E-state index contributed by atoms with van der Waals surface area (Å²) in [6.07, 6.45) is -0.363. The molecule has 152 valence electrons. The number of aryl methyl sites for hydroxylation is 1. The number of rotatable bonds is 7. The lowest BCUT2D eigenvalue weighted by Crippen LogP contribution is -2.15. The molecule has 0 aliphatic rings. The Hall–Kier alpha value is -2.22. The van der Waals surface area contributed by atoms with E-state index < -0.39 is 0 Å². The predicted molar refractivity (Wildman–Crippen MR) is 117 cm³/mol. The number of nitrogens with one attached hydrogen (secondary N) is 1. The second kappa shape index (κ2) is 9.52. The van der Waals surface area contributed by atoms with Crippen molar-refractivity contribution >= 4 is 46.6 Å². The standard InChI is InChI=1S/C20H20Cl2N4O2S/c1-12-8-9-15(22)17(10-12)28-13(2)19-24-25-20(26(19)3)29-11-18(27)23-16-7-5-4-6-14(16)21/h4-10,13H,11H2,1-3H3,(H,23,27). The minimum atomic E-state index is -0.363. The molecule has 1 heterocycles. The van der Waals surface area contributed by atoms with Crippen LogP contribution in [0.2, 0.25) is 10.0 Å². The first kappa shape index (κ1) is 21.5. The lowest BCUT2D eigenvalue weighted by Gasteiger charge is -2.15. The van der Waals surface area contributed by atoms with Gasteiger partial charge in [0.25, 0.3) is 0 Å². The Labute approximate surface area is 183 Å². The highest BCUT2D eigenvalue weighted by molar-refractivity contribution is 7.99. The molecule has 0 aliphatic carbocycles. The van der Waals surface area contributed by atoms with Crippen LogP contribution in [0.5, 0.6) is 5.75 Å². The summed E-state index contributed by atoms with van der Waals surface area (Å²) in [6.45, 7) is 3.85. The Bertz CT molecular complexity index is 1030. The normalized spacial score (nSPS) is 11.9. The fraction of sp³-hybridized carbons (Fsp3) is 0.250. The fourth-order valence-corrected chi connectivity index (χ4v) is 3.69. The van der Waals surface area contributed by atoms with E-state index in [0.29, 0.717) is 32.5 Å². The average molecular weight is 451 g/mol. The van der Waals surface area contributed by atoms with Crippen molar-refractivity contribution < 1.29 is 9.53 Å². The molecular formula is C20H20Cl2N4O2S. The Balaban J connectivity index is 1.62. The van der Waals surface area contributed by atoms with Crippen LogP contribution in [0.3, 0.4) is 0 Å². The maximum atomic E-state index is 12.2. The fourth-order valence-electron chi connectivity index (χ4n) is 2.63. The Morgan fingerprint density at radius 1 is 1.21 bits per heavy atom. The number of amides is 1. The number of halogens is 2. The Kier molecular flexibility index (Phi) is 7.05. The molecule has 2 aromatic carbocycles. The topological polar surface area (TPSA) is 69.0 Å². The molecule has 1 N–H and O–H groups in total. The van der Waals surface area contributed by atoms with Gasteiger partial charge in [0.2, 0.25) is 5.91 Å². The van der Waals surface area contributed by atoms with E-state index in [1.165, 1.54) is 11.8 Å². The number of carbonyl (C=O) groups is 1. The quantitative estimate of drug-likeness (QED) is 0.494. The summed E-state index contributed by atoms with van der Waals surface area (Å²) in [7, 11) is 1.83. The molecule has 1 amide bonds. The van der Waals surface area contributed by atoms with Crippen molar-refractivity contribution in [2.24, 2.45) is 7.05 Å². The van der Waals surface area contributed by atoms with Gasteiger partial charge in [0.15, 0.2) is 17.1 Å². The summed E-state index contributed by atoms with van der Waals surface area (Å²) < 4.78 is 7.77. The second-order valence-corrected chi connectivity index (χ2v) is 8.17. The van der Waals surface area contributed by atoms with E-state index in [-0.39, 0.29) is 17.8 Å². The van der Waals surface area contributed by atoms with Crippen molar-refractivity contribution in [3.63, 3.8) is 0 Å². The first-order chi connectivity index (χ1) is 13.8. The van der Waals surface area contributed by atoms with Gasteiger partial charge in [-0.25, -0.2) is 0 Å². The summed E-state index contributed by atoms with van der Waals surface area (Å²) in [5.41, 5.74) is 1.63. The van der Waals surface area contributed by atoms with E-state index in [0.717, 1.165) is 5.56 Å². The number of carbonyl (C=O) groups excluding carboxylic acids is 1. The third kappa shape index (κ3) is 5.44. The maximum Gasteiger partial charge on any atom is 0.234 e. The first-order valence-electron chi connectivity index (χ1n) is 8.84. The molecule has 0 saturated heterocycles.